The predicted octanol–water partition coefficient (Wildman–Crippen LogP) is 1.78. The quantitative estimate of drug-likeness (QED) is 0.826. The van der Waals surface area contributed by atoms with Gasteiger partial charge in [0.25, 0.3) is 0 Å². The van der Waals surface area contributed by atoms with Gasteiger partial charge in [0.2, 0.25) is 10.0 Å². The molecule has 2 heterocycles. The zero-order valence-corrected chi connectivity index (χ0v) is 15.7. The number of nitrogens with zero attached hydrogens (tertiary/aromatic N) is 1. The van der Waals surface area contributed by atoms with Crippen LogP contribution in [0.3, 0.4) is 0 Å². The van der Waals surface area contributed by atoms with Crippen molar-refractivity contribution in [3.05, 3.63) is 18.2 Å². The van der Waals surface area contributed by atoms with Crippen LogP contribution in [0.25, 0.3) is 0 Å². The van der Waals surface area contributed by atoms with E-state index in [9.17, 15) is 13.2 Å². The van der Waals surface area contributed by atoms with Crippen LogP contribution >= 0.6 is 0 Å². The molecule has 0 spiro atoms. The summed E-state index contributed by atoms with van der Waals surface area (Å²) in [4.78, 5) is 14.4. The molecule has 1 aromatic carbocycles. The van der Waals surface area contributed by atoms with Crippen LogP contribution in [-0.2, 0) is 10.0 Å². The molecule has 144 valence electrons. The molecule has 2 aliphatic rings. The summed E-state index contributed by atoms with van der Waals surface area (Å²) in [5, 5.41) is 2.88. The molecule has 2 aliphatic heterocycles. The molecule has 1 fully saturated rings. The van der Waals surface area contributed by atoms with Gasteiger partial charge in [-0.25, -0.2) is 17.9 Å². The lowest BCUT2D eigenvalue weighted by molar-refractivity contribution is 0.164. The Labute approximate surface area is 153 Å². The van der Waals surface area contributed by atoms with Crippen molar-refractivity contribution in [1.82, 2.24) is 9.62 Å². The van der Waals surface area contributed by atoms with Gasteiger partial charge in [-0.05, 0) is 31.4 Å². The first-order chi connectivity index (χ1) is 12.4. The molecule has 0 unspecified atom stereocenters. The van der Waals surface area contributed by atoms with Crippen molar-refractivity contribution >= 4 is 21.7 Å². The molecule has 1 saturated heterocycles. The number of nitrogens with one attached hydrogen (secondary N) is 2. The first-order valence-corrected chi connectivity index (χ1v) is 10.7. The molecule has 0 saturated carbocycles. The number of hydrogen-bond acceptors (Lipinski definition) is 5. The minimum Gasteiger partial charge on any atom is -0.490 e. The number of fused-ring (bicyclic) bond motifs is 1. The largest absolute Gasteiger partial charge is 0.490 e. The number of carbonyl (C=O) groups excluding carboxylic acids is 1. The first-order valence-electron chi connectivity index (χ1n) is 8.84. The lowest BCUT2D eigenvalue weighted by Crippen LogP contribution is -2.50. The van der Waals surface area contributed by atoms with E-state index in [4.69, 9.17) is 9.47 Å². The summed E-state index contributed by atoms with van der Waals surface area (Å²) in [5.74, 6) is 1.29. The standard InChI is InChI=1S/C17H25N3O5S/c1-26(22,23)18-12-14-5-2-3-8-20(14)17(21)19-13-6-7-15-16(11-13)25-10-4-9-24-15/h6-7,11,14,18H,2-5,8-10,12H2,1H3,(H,19,21)/t14-/m1/s1. The lowest BCUT2D eigenvalue weighted by Gasteiger charge is -2.35. The van der Waals surface area contributed by atoms with E-state index in [0.717, 1.165) is 31.9 Å². The number of amides is 2. The van der Waals surface area contributed by atoms with Crippen LogP contribution in [0.15, 0.2) is 18.2 Å². The third kappa shape index (κ3) is 5.01. The molecule has 8 nitrogen and oxygen atoms in total. The third-order valence-electron chi connectivity index (χ3n) is 4.47. The molecule has 0 aliphatic carbocycles. The van der Waals surface area contributed by atoms with Crippen LogP contribution in [0.4, 0.5) is 10.5 Å². The van der Waals surface area contributed by atoms with E-state index in [1.807, 2.05) is 0 Å². The maximum atomic E-state index is 12.7. The van der Waals surface area contributed by atoms with Crippen LogP contribution in [0.2, 0.25) is 0 Å². The number of hydrogen-bond donors (Lipinski definition) is 2. The minimum absolute atomic E-state index is 0.154. The van der Waals surface area contributed by atoms with E-state index < -0.39 is 10.0 Å². The molecular formula is C17H25N3O5S. The zero-order chi connectivity index (χ0) is 18.6. The fourth-order valence-corrected chi connectivity index (χ4v) is 3.66. The van der Waals surface area contributed by atoms with Crippen molar-refractivity contribution in [2.75, 3.05) is 37.9 Å². The van der Waals surface area contributed by atoms with Gasteiger partial charge in [-0.2, -0.15) is 0 Å². The van der Waals surface area contributed by atoms with Gasteiger partial charge in [-0.1, -0.05) is 0 Å². The van der Waals surface area contributed by atoms with Gasteiger partial charge in [-0.3, -0.25) is 0 Å². The highest BCUT2D eigenvalue weighted by molar-refractivity contribution is 7.88. The number of ether oxygens (including phenoxy) is 2. The van der Waals surface area contributed by atoms with Crippen LogP contribution < -0.4 is 19.5 Å². The second-order valence-corrected chi connectivity index (χ2v) is 8.44. The van der Waals surface area contributed by atoms with Gasteiger partial charge in [0.1, 0.15) is 0 Å². The number of urea groups is 1. The van der Waals surface area contributed by atoms with Crippen molar-refractivity contribution in [2.24, 2.45) is 0 Å². The first kappa shape index (κ1) is 18.8. The molecule has 26 heavy (non-hydrogen) atoms. The number of benzene rings is 1. The Morgan fingerprint density at radius 1 is 1.19 bits per heavy atom. The van der Waals surface area contributed by atoms with Crippen LogP contribution in [0.5, 0.6) is 11.5 Å². The zero-order valence-electron chi connectivity index (χ0n) is 14.9. The predicted molar refractivity (Wildman–Crippen MR) is 98.3 cm³/mol. The number of piperidine rings is 1. The molecular weight excluding hydrogens is 358 g/mol. The SMILES string of the molecule is CS(=O)(=O)NC[C@H]1CCCCN1C(=O)Nc1ccc2c(c1)OCCCO2. The van der Waals surface area contributed by atoms with Gasteiger partial charge >= 0.3 is 6.03 Å². The Morgan fingerprint density at radius 3 is 2.73 bits per heavy atom. The van der Waals surface area contributed by atoms with Crippen LogP contribution in [0.1, 0.15) is 25.7 Å². The fourth-order valence-electron chi connectivity index (χ4n) is 3.16. The Morgan fingerprint density at radius 2 is 1.96 bits per heavy atom. The molecule has 2 N–H and O–H groups in total. The molecule has 1 atom stereocenters. The smallest absolute Gasteiger partial charge is 0.322 e. The van der Waals surface area contributed by atoms with E-state index in [2.05, 4.69) is 10.0 Å². The summed E-state index contributed by atoms with van der Waals surface area (Å²) in [6.07, 6.45) is 4.60. The number of anilines is 1. The summed E-state index contributed by atoms with van der Waals surface area (Å²) in [6.45, 7) is 2.02. The van der Waals surface area contributed by atoms with Gasteiger partial charge in [0.15, 0.2) is 11.5 Å². The number of likely N-dealkylation sites (tertiary alicyclic amines) is 1. The highest BCUT2D eigenvalue weighted by Gasteiger charge is 2.27. The fraction of sp³-hybridized carbons (Fsp3) is 0.588. The summed E-state index contributed by atoms with van der Waals surface area (Å²) in [7, 11) is -3.28. The number of carbonyl (C=O) groups is 1. The third-order valence-corrected chi connectivity index (χ3v) is 5.16. The maximum Gasteiger partial charge on any atom is 0.322 e. The van der Waals surface area contributed by atoms with Crippen molar-refractivity contribution in [2.45, 2.75) is 31.7 Å². The molecule has 3 rings (SSSR count). The summed E-state index contributed by atoms with van der Waals surface area (Å²) >= 11 is 0. The van der Waals surface area contributed by atoms with E-state index in [1.54, 1.807) is 23.1 Å². The van der Waals surface area contributed by atoms with Crippen molar-refractivity contribution < 1.29 is 22.7 Å². The topological polar surface area (TPSA) is 97.0 Å². The molecule has 2 amide bonds. The molecule has 0 aromatic heterocycles. The monoisotopic (exact) mass is 383 g/mol. The second-order valence-electron chi connectivity index (χ2n) is 6.61. The van der Waals surface area contributed by atoms with Crippen molar-refractivity contribution in [3.8, 4) is 11.5 Å². The minimum atomic E-state index is -3.28. The molecule has 0 radical (unpaired) electrons. The van der Waals surface area contributed by atoms with Crippen molar-refractivity contribution in [3.63, 3.8) is 0 Å². The van der Waals surface area contributed by atoms with Gasteiger partial charge in [-0.15, -0.1) is 0 Å². The Balaban J connectivity index is 1.66. The highest BCUT2D eigenvalue weighted by Crippen LogP contribution is 2.32. The van der Waals surface area contributed by atoms with E-state index >= 15 is 0 Å². The van der Waals surface area contributed by atoms with E-state index in [0.29, 0.717) is 36.9 Å². The molecule has 0 bridgehead atoms. The molecule has 9 heteroatoms. The number of sulfonamides is 1. The van der Waals surface area contributed by atoms with E-state index in [-0.39, 0.29) is 18.6 Å². The lowest BCUT2D eigenvalue weighted by atomic mass is 10.0. The van der Waals surface area contributed by atoms with Crippen LogP contribution in [0, 0.1) is 0 Å². The summed E-state index contributed by atoms with van der Waals surface area (Å²) in [5.41, 5.74) is 0.625. The summed E-state index contributed by atoms with van der Waals surface area (Å²) < 4.78 is 36.4. The van der Waals surface area contributed by atoms with Gasteiger partial charge < -0.3 is 19.7 Å². The Kier molecular flexibility index (Phi) is 5.87. The molecule has 1 aromatic rings. The normalized spacial score (nSPS) is 20.3. The number of rotatable bonds is 4. The Hall–Kier alpha value is -2.00. The van der Waals surface area contributed by atoms with Gasteiger partial charge in [0.05, 0.1) is 19.5 Å². The van der Waals surface area contributed by atoms with Crippen LogP contribution in [-0.4, -0.2) is 57.9 Å². The average molecular weight is 383 g/mol. The van der Waals surface area contributed by atoms with Gasteiger partial charge in [0, 0.05) is 37.3 Å². The maximum absolute atomic E-state index is 12.7. The second kappa shape index (κ2) is 8.13. The highest BCUT2D eigenvalue weighted by atomic mass is 32.2. The Bertz CT molecular complexity index is 753. The summed E-state index contributed by atoms with van der Waals surface area (Å²) in [6, 6.07) is 4.93. The average Bonchev–Trinajstić information content (AvgIpc) is 2.84. The van der Waals surface area contributed by atoms with E-state index in [1.165, 1.54) is 0 Å². The van der Waals surface area contributed by atoms with Crippen molar-refractivity contribution in [1.29, 1.82) is 0 Å².